The summed E-state index contributed by atoms with van der Waals surface area (Å²) in [6, 6.07) is 8.23. The molecule has 1 N–H and O–H groups in total. The molecule has 1 aromatic carbocycles. The summed E-state index contributed by atoms with van der Waals surface area (Å²) in [5.74, 6) is 0.00576. The molecule has 0 aliphatic rings. The van der Waals surface area contributed by atoms with E-state index in [0.29, 0.717) is 18.7 Å². The first-order chi connectivity index (χ1) is 10.0. The lowest BCUT2D eigenvalue weighted by atomic mass is 10.2. The van der Waals surface area contributed by atoms with E-state index in [-0.39, 0.29) is 16.7 Å². The molecule has 0 heterocycles. The van der Waals surface area contributed by atoms with Crippen LogP contribution in [0.25, 0.3) is 0 Å². The Labute approximate surface area is 126 Å². The van der Waals surface area contributed by atoms with E-state index >= 15 is 0 Å². The summed E-state index contributed by atoms with van der Waals surface area (Å²) in [5, 5.41) is 12.0. The van der Waals surface area contributed by atoms with E-state index < -0.39 is 9.84 Å². The first kappa shape index (κ1) is 17.6. The zero-order chi connectivity index (χ0) is 15.7. The first-order valence-electron chi connectivity index (χ1n) is 6.98. The van der Waals surface area contributed by atoms with Gasteiger partial charge in [0, 0.05) is 19.7 Å². The van der Waals surface area contributed by atoms with E-state index in [1.807, 2.05) is 6.07 Å². The van der Waals surface area contributed by atoms with Crippen LogP contribution in [-0.4, -0.2) is 40.5 Å². The minimum Gasteiger partial charge on any atom is -0.383 e. The highest BCUT2D eigenvalue weighted by Crippen LogP contribution is 2.12. The molecule has 1 atom stereocenters. The molecule has 21 heavy (non-hydrogen) atoms. The van der Waals surface area contributed by atoms with Crippen molar-refractivity contribution in [2.45, 2.75) is 30.7 Å². The Bertz CT molecular complexity index is 573. The van der Waals surface area contributed by atoms with Crippen molar-refractivity contribution >= 4 is 9.84 Å². The Balaban J connectivity index is 2.62. The molecule has 0 aliphatic carbocycles. The predicted octanol–water partition coefficient (Wildman–Crippen LogP) is 1.74. The Morgan fingerprint density at radius 3 is 2.81 bits per heavy atom. The molecule has 0 spiro atoms. The fourth-order valence-corrected chi connectivity index (χ4v) is 3.28. The van der Waals surface area contributed by atoms with Gasteiger partial charge in [-0.2, -0.15) is 5.26 Å². The number of nitriles is 1. The van der Waals surface area contributed by atoms with Crippen molar-refractivity contribution < 1.29 is 13.2 Å². The van der Waals surface area contributed by atoms with E-state index in [0.717, 1.165) is 12.8 Å². The normalized spacial score (nSPS) is 12.8. The van der Waals surface area contributed by atoms with Gasteiger partial charge in [-0.05, 0) is 24.6 Å². The zero-order valence-electron chi connectivity index (χ0n) is 12.5. The van der Waals surface area contributed by atoms with Crippen molar-refractivity contribution in [3.8, 4) is 6.07 Å². The SMILES string of the molecule is CCCC(COC)NCCS(=O)(=O)c1cccc(C#N)c1. The Kier molecular flexibility index (Phi) is 7.37. The third-order valence-electron chi connectivity index (χ3n) is 3.13. The van der Waals surface area contributed by atoms with Gasteiger partial charge in [-0.25, -0.2) is 8.42 Å². The highest BCUT2D eigenvalue weighted by atomic mass is 32.2. The fraction of sp³-hybridized carbons (Fsp3) is 0.533. The summed E-state index contributed by atoms with van der Waals surface area (Å²) in [7, 11) is -1.74. The van der Waals surface area contributed by atoms with E-state index in [1.165, 1.54) is 12.1 Å². The molecule has 0 bridgehead atoms. The van der Waals surface area contributed by atoms with Gasteiger partial charge >= 0.3 is 0 Å². The molecule has 5 nitrogen and oxygen atoms in total. The van der Waals surface area contributed by atoms with Crippen LogP contribution in [0.4, 0.5) is 0 Å². The van der Waals surface area contributed by atoms with Crippen LogP contribution in [0.15, 0.2) is 29.2 Å². The number of nitrogens with one attached hydrogen (secondary N) is 1. The standard InChI is InChI=1S/C15H22N2O3S/c1-3-5-14(12-20-2)17-8-9-21(18,19)15-7-4-6-13(10-15)11-16/h4,6-7,10,14,17H,3,5,8-9,12H2,1-2H3. The highest BCUT2D eigenvalue weighted by molar-refractivity contribution is 7.91. The summed E-state index contributed by atoms with van der Waals surface area (Å²) in [4.78, 5) is 0.196. The molecule has 0 radical (unpaired) electrons. The fourth-order valence-electron chi connectivity index (χ4n) is 2.07. The number of hydrogen-bond acceptors (Lipinski definition) is 5. The average molecular weight is 310 g/mol. The van der Waals surface area contributed by atoms with Crippen molar-refractivity contribution in [1.82, 2.24) is 5.32 Å². The lowest BCUT2D eigenvalue weighted by molar-refractivity contribution is 0.163. The summed E-state index contributed by atoms with van der Waals surface area (Å²) in [5.41, 5.74) is 0.354. The molecule has 0 aromatic heterocycles. The lowest BCUT2D eigenvalue weighted by Gasteiger charge is -2.17. The molecule has 0 fully saturated rings. The minimum absolute atomic E-state index is 0.00576. The second-order valence-electron chi connectivity index (χ2n) is 4.85. The minimum atomic E-state index is -3.37. The molecule has 116 valence electrons. The number of benzene rings is 1. The van der Waals surface area contributed by atoms with Crippen LogP contribution in [0.3, 0.4) is 0 Å². The molecule has 0 amide bonds. The molecule has 6 heteroatoms. The maximum absolute atomic E-state index is 12.2. The molecule has 0 aliphatic heterocycles. The van der Waals surface area contributed by atoms with Gasteiger partial charge in [0.1, 0.15) is 0 Å². The third kappa shape index (κ3) is 5.84. The smallest absolute Gasteiger partial charge is 0.179 e. The van der Waals surface area contributed by atoms with Gasteiger partial charge in [-0.15, -0.1) is 0 Å². The molecular weight excluding hydrogens is 288 g/mol. The van der Waals surface area contributed by atoms with Gasteiger partial charge in [-0.1, -0.05) is 19.4 Å². The number of sulfone groups is 1. The number of hydrogen-bond donors (Lipinski definition) is 1. The van der Waals surface area contributed by atoms with Crippen molar-refractivity contribution in [2.24, 2.45) is 0 Å². The summed E-state index contributed by atoms with van der Waals surface area (Å²) < 4.78 is 29.5. The summed E-state index contributed by atoms with van der Waals surface area (Å²) >= 11 is 0. The summed E-state index contributed by atoms with van der Waals surface area (Å²) in [6.45, 7) is 3.01. The lowest BCUT2D eigenvalue weighted by Crippen LogP contribution is -2.36. The van der Waals surface area contributed by atoms with Crippen LogP contribution in [0.5, 0.6) is 0 Å². The number of rotatable bonds is 9. The molecule has 1 aromatic rings. The van der Waals surface area contributed by atoms with Crippen molar-refractivity contribution in [2.75, 3.05) is 26.0 Å². The van der Waals surface area contributed by atoms with Crippen LogP contribution >= 0.6 is 0 Å². The maximum atomic E-state index is 12.2. The van der Waals surface area contributed by atoms with Crippen LogP contribution in [0, 0.1) is 11.3 Å². The topological polar surface area (TPSA) is 79.2 Å². The van der Waals surface area contributed by atoms with Crippen molar-refractivity contribution in [1.29, 1.82) is 5.26 Å². The predicted molar refractivity (Wildman–Crippen MR) is 81.8 cm³/mol. The third-order valence-corrected chi connectivity index (χ3v) is 4.84. The number of nitrogens with zero attached hydrogens (tertiary/aromatic N) is 1. The Hall–Kier alpha value is -1.42. The van der Waals surface area contributed by atoms with Crippen LogP contribution in [0.2, 0.25) is 0 Å². The quantitative estimate of drug-likeness (QED) is 0.751. The molecule has 0 saturated carbocycles. The maximum Gasteiger partial charge on any atom is 0.179 e. The molecule has 1 rings (SSSR count). The molecular formula is C15H22N2O3S. The van der Waals surface area contributed by atoms with Gasteiger partial charge in [0.2, 0.25) is 0 Å². The van der Waals surface area contributed by atoms with Crippen molar-refractivity contribution in [3.05, 3.63) is 29.8 Å². The monoisotopic (exact) mass is 310 g/mol. The van der Waals surface area contributed by atoms with Gasteiger partial charge in [0.25, 0.3) is 0 Å². The zero-order valence-corrected chi connectivity index (χ0v) is 13.3. The van der Waals surface area contributed by atoms with Crippen LogP contribution in [-0.2, 0) is 14.6 Å². The van der Waals surface area contributed by atoms with Gasteiger partial charge < -0.3 is 10.1 Å². The van der Waals surface area contributed by atoms with E-state index in [9.17, 15) is 8.42 Å². The first-order valence-corrected chi connectivity index (χ1v) is 8.64. The number of methoxy groups -OCH3 is 1. The summed E-state index contributed by atoms with van der Waals surface area (Å²) in [6.07, 6.45) is 1.95. The second-order valence-corrected chi connectivity index (χ2v) is 6.96. The van der Waals surface area contributed by atoms with Gasteiger partial charge in [0.05, 0.1) is 28.9 Å². The van der Waals surface area contributed by atoms with Crippen LogP contribution < -0.4 is 5.32 Å². The number of ether oxygens (including phenoxy) is 1. The van der Waals surface area contributed by atoms with E-state index in [4.69, 9.17) is 10.00 Å². The second kappa shape index (κ2) is 8.78. The molecule has 0 saturated heterocycles. The average Bonchev–Trinajstić information content (AvgIpc) is 2.47. The van der Waals surface area contributed by atoms with E-state index in [1.54, 1.807) is 19.2 Å². The van der Waals surface area contributed by atoms with Crippen LogP contribution in [0.1, 0.15) is 25.3 Å². The molecule has 1 unspecified atom stereocenters. The van der Waals surface area contributed by atoms with Crippen molar-refractivity contribution in [3.63, 3.8) is 0 Å². The van der Waals surface area contributed by atoms with E-state index in [2.05, 4.69) is 12.2 Å². The Morgan fingerprint density at radius 1 is 1.43 bits per heavy atom. The largest absolute Gasteiger partial charge is 0.383 e. The van der Waals surface area contributed by atoms with Gasteiger partial charge in [0.15, 0.2) is 9.84 Å². The Morgan fingerprint density at radius 2 is 2.19 bits per heavy atom. The van der Waals surface area contributed by atoms with Gasteiger partial charge in [-0.3, -0.25) is 0 Å². The highest BCUT2D eigenvalue weighted by Gasteiger charge is 2.15.